The SMILES string of the molecule is CNc1cc(NCC(C)(O)CCOC)nc(C(C)C)n1. The van der Waals surface area contributed by atoms with Crippen LogP contribution in [0.25, 0.3) is 0 Å². The van der Waals surface area contributed by atoms with Crippen LogP contribution in [0, 0.1) is 0 Å². The number of ether oxygens (including phenoxy) is 1. The van der Waals surface area contributed by atoms with Gasteiger partial charge in [0.25, 0.3) is 0 Å². The first kappa shape index (κ1) is 16.7. The lowest BCUT2D eigenvalue weighted by Gasteiger charge is -2.23. The van der Waals surface area contributed by atoms with Crippen molar-refractivity contribution in [1.82, 2.24) is 9.97 Å². The monoisotopic (exact) mass is 282 g/mol. The highest BCUT2D eigenvalue weighted by Crippen LogP contribution is 2.18. The van der Waals surface area contributed by atoms with Crippen molar-refractivity contribution in [3.8, 4) is 0 Å². The first-order valence-corrected chi connectivity index (χ1v) is 6.90. The van der Waals surface area contributed by atoms with E-state index in [1.807, 2.05) is 27.0 Å². The Balaban J connectivity index is 2.74. The maximum absolute atomic E-state index is 10.2. The Labute approximate surface area is 121 Å². The maximum Gasteiger partial charge on any atom is 0.135 e. The lowest BCUT2D eigenvalue weighted by atomic mass is 10.0. The summed E-state index contributed by atoms with van der Waals surface area (Å²) in [5.74, 6) is 2.50. The van der Waals surface area contributed by atoms with Gasteiger partial charge in [-0.05, 0) is 6.92 Å². The highest BCUT2D eigenvalue weighted by molar-refractivity contribution is 5.47. The molecular weight excluding hydrogens is 256 g/mol. The van der Waals surface area contributed by atoms with Gasteiger partial charge in [0.15, 0.2) is 0 Å². The summed E-state index contributed by atoms with van der Waals surface area (Å²) in [4.78, 5) is 8.86. The van der Waals surface area contributed by atoms with Crippen molar-refractivity contribution in [1.29, 1.82) is 0 Å². The Hall–Kier alpha value is -1.40. The molecule has 6 heteroatoms. The van der Waals surface area contributed by atoms with Gasteiger partial charge in [0.1, 0.15) is 17.5 Å². The number of hydrogen-bond donors (Lipinski definition) is 3. The lowest BCUT2D eigenvalue weighted by Crippen LogP contribution is -2.35. The summed E-state index contributed by atoms with van der Waals surface area (Å²) in [7, 11) is 3.45. The minimum atomic E-state index is -0.835. The van der Waals surface area contributed by atoms with Crippen LogP contribution >= 0.6 is 0 Å². The van der Waals surface area contributed by atoms with E-state index in [-0.39, 0.29) is 5.92 Å². The Kier molecular flexibility index (Phi) is 6.16. The minimum Gasteiger partial charge on any atom is -0.388 e. The van der Waals surface area contributed by atoms with Gasteiger partial charge in [-0.25, -0.2) is 9.97 Å². The third-order valence-corrected chi connectivity index (χ3v) is 3.01. The van der Waals surface area contributed by atoms with E-state index in [4.69, 9.17) is 4.74 Å². The topological polar surface area (TPSA) is 79.3 Å². The van der Waals surface area contributed by atoms with Gasteiger partial charge in [0.2, 0.25) is 0 Å². The molecule has 0 spiro atoms. The van der Waals surface area contributed by atoms with Crippen LogP contribution in [0.4, 0.5) is 11.6 Å². The predicted molar refractivity (Wildman–Crippen MR) is 81.3 cm³/mol. The van der Waals surface area contributed by atoms with E-state index in [1.54, 1.807) is 14.0 Å². The molecule has 20 heavy (non-hydrogen) atoms. The Morgan fingerprint density at radius 3 is 2.55 bits per heavy atom. The standard InChI is InChI=1S/C14H26N4O2/c1-10(2)13-17-11(15-4)8-12(18-13)16-9-14(3,19)6-7-20-5/h8,10,19H,6-7,9H2,1-5H3,(H2,15,16,17,18). The Bertz CT molecular complexity index is 422. The Morgan fingerprint density at radius 1 is 1.35 bits per heavy atom. The number of rotatable bonds is 8. The molecule has 0 aliphatic rings. The third kappa shape index (κ3) is 5.30. The van der Waals surface area contributed by atoms with Crippen molar-refractivity contribution in [2.24, 2.45) is 0 Å². The zero-order valence-electron chi connectivity index (χ0n) is 13.0. The summed E-state index contributed by atoms with van der Waals surface area (Å²) >= 11 is 0. The third-order valence-electron chi connectivity index (χ3n) is 3.01. The summed E-state index contributed by atoms with van der Waals surface area (Å²) < 4.78 is 4.99. The van der Waals surface area contributed by atoms with Crippen molar-refractivity contribution in [2.75, 3.05) is 37.9 Å². The summed E-state index contributed by atoms with van der Waals surface area (Å²) in [5.41, 5.74) is -0.835. The smallest absolute Gasteiger partial charge is 0.135 e. The van der Waals surface area contributed by atoms with Gasteiger partial charge in [-0.1, -0.05) is 13.8 Å². The summed E-state index contributed by atoms with van der Waals surface area (Å²) in [6, 6.07) is 1.83. The fourth-order valence-corrected chi connectivity index (χ4v) is 1.63. The molecule has 0 aliphatic carbocycles. The molecule has 3 N–H and O–H groups in total. The second-order valence-electron chi connectivity index (χ2n) is 5.49. The van der Waals surface area contributed by atoms with Gasteiger partial charge < -0.3 is 20.5 Å². The minimum absolute atomic E-state index is 0.248. The van der Waals surface area contributed by atoms with Crippen LogP contribution < -0.4 is 10.6 Å². The molecule has 1 aromatic heterocycles. The zero-order valence-corrected chi connectivity index (χ0v) is 13.0. The van der Waals surface area contributed by atoms with Crippen molar-refractivity contribution in [3.63, 3.8) is 0 Å². The highest BCUT2D eigenvalue weighted by atomic mass is 16.5. The molecule has 0 radical (unpaired) electrons. The molecule has 1 unspecified atom stereocenters. The number of anilines is 2. The number of methoxy groups -OCH3 is 1. The largest absolute Gasteiger partial charge is 0.388 e. The van der Waals surface area contributed by atoms with E-state index in [2.05, 4.69) is 20.6 Å². The van der Waals surface area contributed by atoms with Crippen LogP contribution in [0.2, 0.25) is 0 Å². The molecule has 6 nitrogen and oxygen atoms in total. The Morgan fingerprint density at radius 2 is 2.00 bits per heavy atom. The summed E-state index contributed by atoms with van der Waals surface area (Å²) in [6.07, 6.45) is 0.567. The molecule has 1 aromatic rings. The first-order chi connectivity index (χ1) is 9.38. The van der Waals surface area contributed by atoms with Crippen molar-refractivity contribution in [3.05, 3.63) is 11.9 Å². The molecule has 1 atom stereocenters. The number of hydrogen-bond acceptors (Lipinski definition) is 6. The van der Waals surface area contributed by atoms with Crippen LogP contribution in [0.5, 0.6) is 0 Å². The highest BCUT2D eigenvalue weighted by Gasteiger charge is 2.20. The maximum atomic E-state index is 10.2. The van der Waals surface area contributed by atoms with Crippen LogP contribution in [0.3, 0.4) is 0 Å². The van der Waals surface area contributed by atoms with Gasteiger partial charge in [0, 0.05) is 45.7 Å². The quantitative estimate of drug-likeness (QED) is 0.675. The van der Waals surface area contributed by atoms with Crippen LogP contribution in [-0.4, -0.2) is 48.0 Å². The van der Waals surface area contributed by atoms with Crippen molar-refractivity contribution < 1.29 is 9.84 Å². The van der Waals surface area contributed by atoms with Crippen LogP contribution in [-0.2, 0) is 4.74 Å². The molecule has 0 aliphatic heterocycles. The van der Waals surface area contributed by atoms with E-state index in [9.17, 15) is 5.11 Å². The molecule has 1 heterocycles. The predicted octanol–water partition coefficient (Wildman–Crippen LogP) is 1.84. The molecule has 0 aromatic carbocycles. The van der Waals surface area contributed by atoms with E-state index in [1.165, 1.54) is 0 Å². The first-order valence-electron chi connectivity index (χ1n) is 6.90. The molecular formula is C14H26N4O2. The van der Waals surface area contributed by atoms with Gasteiger partial charge in [-0.2, -0.15) is 0 Å². The zero-order chi connectivity index (χ0) is 15.2. The second-order valence-corrected chi connectivity index (χ2v) is 5.49. The normalized spacial score (nSPS) is 14.2. The number of nitrogens with zero attached hydrogens (tertiary/aromatic N) is 2. The summed E-state index contributed by atoms with van der Waals surface area (Å²) in [5, 5.41) is 16.4. The number of aliphatic hydroxyl groups is 1. The average molecular weight is 282 g/mol. The van der Waals surface area contributed by atoms with E-state index < -0.39 is 5.60 Å². The molecule has 0 bridgehead atoms. The average Bonchev–Trinajstić information content (AvgIpc) is 2.42. The molecule has 0 saturated carbocycles. The molecule has 114 valence electrons. The molecule has 0 fully saturated rings. The fourth-order valence-electron chi connectivity index (χ4n) is 1.63. The second kappa shape index (κ2) is 7.40. The fraction of sp³-hybridized carbons (Fsp3) is 0.714. The van der Waals surface area contributed by atoms with E-state index >= 15 is 0 Å². The summed E-state index contributed by atoms with van der Waals surface area (Å²) in [6.45, 7) is 6.81. The van der Waals surface area contributed by atoms with E-state index in [0.717, 1.165) is 11.6 Å². The van der Waals surface area contributed by atoms with Crippen LogP contribution in [0.1, 0.15) is 38.9 Å². The van der Waals surface area contributed by atoms with E-state index in [0.29, 0.717) is 25.4 Å². The molecule has 1 rings (SSSR count). The number of nitrogens with one attached hydrogen (secondary N) is 2. The molecule has 0 saturated heterocycles. The number of aromatic nitrogens is 2. The van der Waals surface area contributed by atoms with Crippen LogP contribution in [0.15, 0.2) is 6.07 Å². The van der Waals surface area contributed by atoms with Crippen molar-refractivity contribution >= 4 is 11.6 Å². The van der Waals surface area contributed by atoms with Gasteiger partial charge in [-0.15, -0.1) is 0 Å². The van der Waals surface area contributed by atoms with Gasteiger partial charge in [-0.3, -0.25) is 0 Å². The lowest BCUT2D eigenvalue weighted by molar-refractivity contribution is 0.0357. The van der Waals surface area contributed by atoms with Crippen molar-refractivity contribution in [2.45, 2.75) is 38.7 Å². The molecule has 0 amide bonds. The van der Waals surface area contributed by atoms with Gasteiger partial charge >= 0.3 is 0 Å². The van der Waals surface area contributed by atoms with Gasteiger partial charge in [0.05, 0.1) is 5.60 Å².